The summed E-state index contributed by atoms with van der Waals surface area (Å²) in [6.07, 6.45) is 0.455. The zero-order valence-electron chi connectivity index (χ0n) is 8.44. The number of hydrogen-bond donors (Lipinski definition) is 2. The quantitative estimate of drug-likeness (QED) is 0.620. The second-order valence-electron chi connectivity index (χ2n) is 3.73. The number of halogens is 1. The number of alkyl halides is 1. The Morgan fingerprint density at radius 2 is 2.50 bits per heavy atom. The van der Waals surface area contributed by atoms with Gasteiger partial charge in [0.2, 0.25) is 5.91 Å². The molecule has 1 atom stereocenters. The van der Waals surface area contributed by atoms with Crippen LogP contribution in [0, 0.1) is 10.7 Å². The van der Waals surface area contributed by atoms with Crippen LogP contribution in [0.1, 0.15) is 6.42 Å². The Hall–Kier alpha value is -1.14. The zero-order chi connectivity index (χ0) is 11.7. The number of carbonyl (C=O) groups excluding carboxylic acids is 1. The number of aromatic amines is 1. The van der Waals surface area contributed by atoms with Gasteiger partial charge in [0.1, 0.15) is 11.6 Å². The topological polar surface area (TPSA) is 75.0 Å². The van der Waals surface area contributed by atoms with Crippen molar-refractivity contribution in [2.45, 2.75) is 6.42 Å². The molecular formula is C9H11ClN4OS. The van der Waals surface area contributed by atoms with E-state index < -0.39 is 0 Å². The number of nitrogen functional groups attached to an aromatic ring is 1. The highest BCUT2D eigenvalue weighted by Gasteiger charge is 2.30. The molecule has 1 aromatic rings. The lowest BCUT2D eigenvalue weighted by Gasteiger charge is -2.15. The molecule has 7 heteroatoms. The smallest absolute Gasteiger partial charge is 0.228 e. The van der Waals surface area contributed by atoms with Crippen molar-refractivity contribution in [2.24, 2.45) is 5.92 Å². The first-order valence-electron chi connectivity index (χ1n) is 4.83. The van der Waals surface area contributed by atoms with E-state index in [1.807, 2.05) is 0 Å². The molecular weight excluding hydrogens is 248 g/mol. The summed E-state index contributed by atoms with van der Waals surface area (Å²) < 4.78 is 0.275. The molecule has 1 aromatic heterocycles. The molecule has 16 heavy (non-hydrogen) atoms. The molecule has 1 fully saturated rings. The predicted molar refractivity (Wildman–Crippen MR) is 65.0 cm³/mol. The van der Waals surface area contributed by atoms with Crippen LogP contribution in [0.4, 0.5) is 11.6 Å². The van der Waals surface area contributed by atoms with E-state index in [0.29, 0.717) is 30.5 Å². The van der Waals surface area contributed by atoms with Crippen LogP contribution in [0.5, 0.6) is 0 Å². The maximum atomic E-state index is 11.7. The van der Waals surface area contributed by atoms with Gasteiger partial charge in [-0.1, -0.05) is 0 Å². The van der Waals surface area contributed by atoms with E-state index in [9.17, 15) is 4.79 Å². The third kappa shape index (κ3) is 2.17. The van der Waals surface area contributed by atoms with Crippen LogP contribution in [-0.4, -0.2) is 28.3 Å². The standard InChI is InChI=1S/C9H11ClN4OS/c10-3-5-1-8(15)14(4-5)7-2-6(11)12-9(16)13-7/h2,5H,1,3-4H2,(H3,11,12,13,16). The fourth-order valence-electron chi connectivity index (χ4n) is 1.71. The fourth-order valence-corrected chi connectivity index (χ4v) is 2.13. The van der Waals surface area contributed by atoms with Crippen molar-refractivity contribution in [3.8, 4) is 0 Å². The van der Waals surface area contributed by atoms with Crippen molar-refractivity contribution in [3.05, 3.63) is 10.8 Å². The average Bonchev–Trinajstić information content (AvgIpc) is 2.58. The van der Waals surface area contributed by atoms with Crippen molar-refractivity contribution in [1.82, 2.24) is 9.97 Å². The number of anilines is 2. The zero-order valence-corrected chi connectivity index (χ0v) is 10.0. The Morgan fingerprint density at radius 1 is 1.75 bits per heavy atom. The van der Waals surface area contributed by atoms with E-state index in [1.165, 1.54) is 0 Å². The molecule has 0 spiro atoms. The molecule has 86 valence electrons. The molecule has 0 bridgehead atoms. The predicted octanol–water partition coefficient (Wildman–Crippen LogP) is 1.31. The summed E-state index contributed by atoms with van der Waals surface area (Å²) in [4.78, 5) is 20.1. The number of carbonyl (C=O) groups is 1. The highest BCUT2D eigenvalue weighted by Crippen LogP contribution is 2.24. The van der Waals surface area contributed by atoms with E-state index in [0.717, 1.165) is 0 Å². The Bertz CT molecular complexity index is 475. The van der Waals surface area contributed by atoms with Crippen molar-refractivity contribution in [2.75, 3.05) is 23.1 Å². The molecule has 1 unspecified atom stereocenters. The molecule has 1 aliphatic rings. The number of nitrogens with one attached hydrogen (secondary N) is 1. The fraction of sp³-hybridized carbons (Fsp3) is 0.444. The van der Waals surface area contributed by atoms with Crippen LogP contribution >= 0.6 is 23.8 Å². The number of hydrogen-bond acceptors (Lipinski definition) is 4. The van der Waals surface area contributed by atoms with Crippen LogP contribution in [0.15, 0.2) is 6.07 Å². The maximum Gasteiger partial charge on any atom is 0.228 e. The number of rotatable bonds is 2. The normalized spacial score (nSPS) is 20.4. The molecule has 3 N–H and O–H groups in total. The Balaban J connectivity index is 2.31. The molecule has 0 aromatic carbocycles. The molecule has 2 rings (SSSR count). The van der Waals surface area contributed by atoms with Crippen molar-refractivity contribution >= 4 is 41.4 Å². The first kappa shape index (κ1) is 11.3. The molecule has 0 radical (unpaired) electrons. The van der Waals surface area contributed by atoms with Gasteiger partial charge < -0.3 is 10.7 Å². The van der Waals surface area contributed by atoms with Gasteiger partial charge in [-0.05, 0) is 18.1 Å². The number of nitrogens with zero attached hydrogens (tertiary/aromatic N) is 2. The minimum absolute atomic E-state index is 0.0122. The monoisotopic (exact) mass is 258 g/mol. The lowest BCUT2D eigenvalue weighted by atomic mass is 10.1. The molecule has 1 aliphatic heterocycles. The van der Waals surface area contributed by atoms with E-state index in [1.54, 1.807) is 11.0 Å². The minimum Gasteiger partial charge on any atom is -0.385 e. The van der Waals surface area contributed by atoms with Crippen molar-refractivity contribution in [3.63, 3.8) is 0 Å². The number of aromatic nitrogens is 2. The maximum absolute atomic E-state index is 11.7. The second kappa shape index (κ2) is 4.39. The van der Waals surface area contributed by atoms with Crippen molar-refractivity contribution in [1.29, 1.82) is 0 Å². The van der Waals surface area contributed by atoms with Crippen molar-refractivity contribution < 1.29 is 4.79 Å². The Kier molecular flexibility index (Phi) is 3.11. The molecule has 5 nitrogen and oxygen atoms in total. The van der Waals surface area contributed by atoms with Crippen LogP contribution in [0.25, 0.3) is 0 Å². The van der Waals surface area contributed by atoms with Crippen LogP contribution in [0.2, 0.25) is 0 Å². The molecule has 1 amide bonds. The van der Waals surface area contributed by atoms with Crippen LogP contribution in [-0.2, 0) is 4.79 Å². The Labute approximate surface area is 103 Å². The summed E-state index contributed by atoms with van der Waals surface area (Å²) in [7, 11) is 0. The van der Waals surface area contributed by atoms with Gasteiger partial charge in [0.25, 0.3) is 0 Å². The SMILES string of the molecule is Nc1cc(N2CC(CCl)CC2=O)nc(=S)[nH]1. The number of nitrogens with two attached hydrogens (primary N) is 1. The van der Waals surface area contributed by atoms with E-state index in [2.05, 4.69) is 9.97 Å². The van der Waals surface area contributed by atoms with Gasteiger partial charge in [0.05, 0.1) is 0 Å². The second-order valence-corrected chi connectivity index (χ2v) is 4.42. The first-order valence-corrected chi connectivity index (χ1v) is 5.77. The van der Waals surface area contributed by atoms with E-state index >= 15 is 0 Å². The summed E-state index contributed by atoms with van der Waals surface area (Å²) in [5.74, 6) is 1.56. The van der Waals surface area contributed by atoms with Gasteiger partial charge in [-0.2, -0.15) is 0 Å². The third-order valence-corrected chi connectivity index (χ3v) is 3.08. The first-order chi connectivity index (χ1) is 7.60. The van der Waals surface area contributed by atoms with Crippen LogP contribution in [0.3, 0.4) is 0 Å². The van der Waals surface area contributed by atoms with E-state index in [4.69, 9.17) is 29.6 Å². The Morgan fingerprint density at radius 3 is 3.06 bits per heavy atom. The highest BCUT2D eigenvalue weighted by atomic mass is 35.5. The number of amides is 1. The van der Waals surface area contributed by atoms with Crippen LogP contribution < -0.4 is 10.6 Å². The molecule has 1 saturated heterocycles. The van der Waals surface area contributed by atoms with Gasteiger partial charge in [-0.25, -0.2) is 4.98 Å². The average molecular weight is 259 g/mol. The molecule has 0 saturated carbocycles. The summed E-state index contributed by atoms with van der Waals surface area (Å²) in [5.41, 5.74) is 5.61. The van der Waals surface area contributed by atoms with Gasteiger partial charge in [0, 0.05) is 24.9 Å². The molecule has 0 aliphatic carbocycles. The summed E-state index contributed by atoms with van der Waals surface area (Å²) in [6.45, 7) is 0.577. The number of H-pyrrole nitrogens is 1. The highest BCUT2D eigenvalue weighted by molar-refractivity contribution is 7.71. The largest absolute Gasteiger partial charge is 0.385 e. The minimum atomic E-state index is 0.0122. The van der Waals surface area contributed by atoms with Gasteiger partial charge in [-0.15, -0.1) is 11.6 Å². The summed E-state index contributed by atoms with van der Waals surface area (Å²) >= 11 is 10.6. The van der Waals surface area contributed by atoms with Gasteiger partial charge in [0.15, 0.2) is 4.77 Å². The summed E-state index contributed by atoms with van der Waals surface area (Å²) in [5, 5.41) is 0. The lowest BCUT2D eigenvalue weighted by molar-refractivity contribution is -0.117. The summed E-state index contributed by atoms with van der Waals surface area (Å²) in [6, 6.07) is 1.60. The third-order valence-electron chi connectivity index (χ3n) is 2.45. The molecule has 2 heterocycles. The van der Waals surface area contributed by atoms with Gasteiger partial charge in [-0.3, -0.25) is 9.69 Å². The van der Waals surface area contributed by atoms with E-state index in [-0.39, 0.29) is 16.6 Å². The lowest BCUT2D eigenvalue weighted by Crippen LogP contribution is -2.26. The van der Waals surface area contributed by atoms with Gasteiger partial charge >= 0.3 is 0 Å².